The van der Waals surface area contributed by atoms with Crippen molar-refractivity contribution >= 4 is 22.2 Å². The Kier molecular flexibility index (Phi) is 3.98. The van der Waals surface area contributed by atoms with Gasteiger partial charge < -0.3 is 15.8 Å². The predicted molar refractivity (Wildman–Crippen MR) is 81.1 cm³/mol. The standard InChI is InChI=1S/C15H19N3O2S/c1-8-2-3-9-10(5-16)15(21-13(9)4-8)18-14(19)11-6-20-7-12(11)17/h8,11-12H,2-4,6-7,17H2,1H3,(H,18,19). The van der Waals surface area contributed by atoms with Gasteiger partial charge in [-0.3, -0.25) is 4.79 Å². The Labute approximate surface area is 128 Å². The van der Waals surface area contributed by atoms with E-state index in [4.69, 9.17) is 10.5 Å². The molecule has 1 aromatic heterocycles. The van der Waals surface area contributed by atoms with Crippen molar-refractivity contribution in [2.45, 2.75) is 32.2 Å². The summed E-state index contributed by atoms with van der Waals surface area (Å²) in [5.41, 5.74) is 7.64. The Morgan fingerprint density at radius 3 is 3.00 bits per heavy atom. The molecule has 0 saturated carbocycles. The van der Waals surface area contributed by atoms with Gasteiger partial charge in [0.1, 0.15) is 11.1 Å². The van der Waals surface area contributed by atoms with Crippen molar-refractivity contribution in [1.82, 2.24) is 0 Å². The number of amides is 1. The minimum atomic E-state index is -0.324. The maximum atomic E-state index is 12.3. The third kappa shape index (κ3) is 2.69. The molecule has 3 N–H and O–H groups in total. The van der Waals surface area contributed by atoms with Crippen LogP contribution in [0.5, 0.6) is 0 Å². The molecule has 21 heavy (non-hydrogen) atoms. The fourth-order valence-corrected chi connectivity index (χ4v) is 4.37. The van der Waals surface area contributed by atoms with Crippen LogP contribution in [-0.4, -0.2) is 25.2 Å². The molecule has 1 aliphatic carbocycles. The lowest BCUT2D eigenvalue weighted by molar-refractivity contribution is -0.120. The second-order valence-corrected chi connectivity index (χ2v) is 7.07. The minimum Gasteiger partial charge on any atom is -0.379 e. The Bertz CT molecular complexity index is 605. The van der Waals surface area contributed by atoms with E-state index >= 15 is 0 Å². The van der Waals surface area contributed by atoms with E-state index in [0.717, 1.165) is 24.8 Å². The van der Waals surface area contributed by atoms with Crippen molar-refractivity contribution in [2.75, 3.05) is 18.5 Å². The van der Waals surface area contributed by atoms with Crippen molar-refractivity contribution in [3.8, 4) is 6.07 Å². The number of hydrogen-bond acceptors (Lipinski definition) is 5. The molecule has 3 unspecified atom stereocenters. The van der Waals surface area contributed by atoms with Gasteiger partial charge in [0.2, 0.25) is 5.91 Å². The molecule has 0 bridgehead atoms. The highest BCUT2D eigenvalue weighted by Crippen LogP contribution is 2.39. The van der Waals surface area contributed by atoms with Crippen LogP contribution in [0.2, 0.25) is 0 Å². The topological polar surface area (TPSA) is 88.1 Å². The average Bonchev–Trinajstić information content (AvgIpc) is 3.01. The number of ether oxygens (including phenoxy) is 1. The molecule has 112 valence electrons. The molecule has 1 saturated heterocycles. The van der Waals surface area contributed by atoms with Gasteiger partial charge in [0.15, 0.2) is 0 Å². The second kappa shape index (κ2) is 5.76. The summed E-state index contributed by atoms with van der Waals surface area (Å²) < 4.78 is 5.23. The second-order valence-electron chi connectivity index (χ2n) is 5.96. The number of nitrogens with one attached hydrogen (secondary N) is 1. The maximum absolute atomic E-state index is 12.3. The van der Waals surface area contributed by atoms with E-state index in [9.17, 15) is 10.1 Å². The van der Waals surface area contributed by atoms with Crippen LogP contribution in [0.15, 0.2) is 0 Å². The van der Waals surface area contributed by atoms with Crippen LogP contribution in [0.1, 0.15) is 29.3 Å². The molecule has 1 fully saturated rings. The Balaban J connectivity index is 1.83. The highest BCUT2D eigenvalue weighted by molar-refractivity contribution is 7.16. The van der Waals surface area contributed by atoms with Crippen LogP contribution in [0.25, 0.3) is 0 Å². The lowest BCUT2D eigenvalue weighted by Crippen LogP contribution is -2.37. The van der Waals surface area contributed by atoms with Gasteiger partial charge in [0.25, 0.3) is 0 Å². The van der Waals surface area contributed by atoms with Crippen molar-refractivity contribution < 1.29 is 9.53 Å². The molecular formula is C15H19N3O2S. The minimum absolute atomic E-state index is 0.136. The zero-order chi connectivity index (χ0) is 15.0. The third-order valence-electron chi connectivity index (χ3n) is 4.32. The van der Waals surface area contributed by atoms with Crippen molar-refractivity contribution in [3.05, 3.63) is 16.0 Å². The van der Waals surface area contributed by atoms with Crippen LogP contribution in [0, 0.1) is 23.2 Å². The van der Waals surface area contributed by atoms with Gasteiger partial charge in [0.05, 0.1) is 24.7 Å². The molecule has 0 aromatic carbocycles. The number of nitrogens with two attached hydrogens (primary N) is 1. The summed E-state index contributed by atoms with van der Waals surface area (Å²) in [5.74, 6) is 0.181. The van der Waals surface area contributed by atoms with Gasteiger partial charge in [-0.15, -0.1) is 11.3 Å². The van der Waals surface area contributed by atoms with Gasteiger partial charge in [-0.05, 0) is 30.7 Å². The van der Waals surface area contributed by atoms with E-state index in [2.05, 4.69) is 18.3 Å². The number of nitrogens with zero attached hydrogens (tertiary/aromatic N) is 1. The van der Waals surface area contributed by atoms with E-state index in [1.807, 2.05) is 0 Å². The maximum Gasteiger partial charge on any atom is 0.232 e. The fourth-order valence-electron chi connectivity index (χ4n) is 3.00. The summed E-state index contributed by atoms with van der Waals surface area (Å²) in [6.07, 6.45) is 3.03. The van der Waals surface area contributed by atoms with Gasteiger partial charge in [-0.2, -0.15) is 5.26 Å². The number of nitriles is 1. The zero-order valence-electron chi connectivity index (χ0n) is 12.0. The van der Waals surface area contributed by atoms with Crippen LogP contribution in [0.4, 0.5) is 5.00 Å². The van der Waals surface area contributed by atoms with Crippen LogP contribution >= 0.6 is 11.3 Å². The molecule has 0 spiro atoms. The summed E-state index contributed by atoms with van der Waals surface area (Å²) in [7, 11) is 0. The third-order valence-corrected chi connectivity index (χ3v) is 5.49. The lowest BCUT2D eigenvalue weighted by Gasteiger charge is -2.17. The molecule has 3 atom stereocenters. The first-order chi connectivity index (χ1) is 10.1. The van der Waals surface area contributed by atoms with Gasteiger partial charge in [-0.25, -0.2) is 0 Å². The number of thiophene rings is 1. The largest absolute Gasteiger partial charge is 0.379 e. The predicted octanol–water partition coefficient (Wildman–Crippen LogP) is 1.66. The quantitative estimate of drug-likeness (QED) is 0.869. The normalized spacial score (nSPS) is 28.0. The molecule has 0 radical (unpaired) electrons. The first kappa shape index (κ1) is 14.5. The van der Waals surface area contributed by atoms with E-state index in [-0.39, 0.29) is 17.9 Å². The Hall–Kier alpha value is -1.42. The van der Waals surface area contributed by atoms with E-state index < -0.39 is 0 Å². The van der Waals surface area contributed by atoms with E-state index in [0.29, 0.717) is 29.7 Å². The zero-order valence-corrected chi connectivity index (χ0v) is 12.8. The Morgan fingerprint density at radius 1 is 1.52 bits per heavy atom. The molecule has 5 nitrogen and oxygen atoms in total. The smallest absolute Gasteiger partial charge is 0.232 e. The first-order valence-corrected chi connectivity index (χ1v) is 8.10. The highest BCUT2D eigenvalue weighted by Gasteiger charge is 2.33. The molecule has 1 aromatic rings. The number of carbonyl (C=O) groups excluding carboxylic acids is 1. The van der Waals surface area contributed by atoms with Crippen LogP contribution in [-0.2, 0) is 22.4 Å². The molecular weight excluding hydrogens is 286 g/mol. The van der Waals surface area contributed by atoms with E-state index in [1.54, 1.807) is 11.3 Å². The van der Waals surface area contributed by atoms with Crippen LogP contribution in [0.3, 0.4) is 0 Å². The van der Waals surface area contributed by atoms with Crippen molar-refractivity contribution in [3.63, 3.8) is 0 Å². The monoisotopic (exact) mass is 305 g/mol. The number of anilines is 1. The van der Waals surface area contributed by atoms with Gasteiger partial charge in [-0.1, -0.05) is 6.92 Å². The Morgan fingerprint density at radius 2 is 2.33 bits per heavy atom. The highest BCUT2D eigenvalue weighted by atomic mass is 32.1. The molecule has 1 amide bonds. The average molecular weight is 305 g/mol. The molecule has 3 rings (SSSR count). The molecule has 6 heteroatoms. The molecule has 2 aliphatic rings. The number of rotatable bonds is 2. The number of fused-ring (bicyclic) bond motifs is 1. The summed E-state index contributed by atoms with van der Waals surface area (Å²) in [6, 6.07) is 2.00. The first-order valence-electron chi connectivity index (χ1n) is 7.29. The summed E-state index contributed by atoms with van der Waals surface area (Å²) in [5, 5.41) is 13.0. The van der Waals surface area contributed by atoms with Gasteiger partial charge >= 0.3 is 0 Å². The summed E-state index contributed by atoms with van der Waals surface area (Å²) >= 11 is 1.54. The van der Waals surface area contributed by atoms with Crippen molar-refractivity contribution in [2.24, 2.45) is 17.6 Å². The van der Waals surface area contributed by atoms with Crippen molar-refractivity contribution in [1.29, 1.82) is 5.26 Å². The number of hydrogen-bond donors (Lipinski definition) is 2. The van der Waals surface area contributed by atoms with Gasteiger partial charge in [0, 0.05) is 10.9 Å². The fraction of sp³-hybridized carbons (Fsp3) is 0.600. The molecule has 2 heterocycles. The number of carbonyl (C=O) groups is 1. The van der Waals surface area contributed by atoms with E-state index in [1.165, 1.54) is 4.88 Å². The SMILES string of the molecule is CC1CCc2c(sc(NC(=O)C3COCC3N)c2C#N)C1. The summed E-state index contributed by atoms with van der Waals surface area (Å²) in [6.45, 7) is 3.00. The summed E-state index contributed by atoms with van der Waals surface area (Å²) in [4.78, 5) is 13.5. The van der Waals surface area contributed by atoms with Crippen LogP contribution < -0.4 is 11.1 Å². The lowest BCUT2D eigenvalue weighted by atomic mass is 9.88. The molecule has 1 aliphatic heterocycles.